The molecule has 6 nitrogen and oxygen atoms in total. The fourth-order valence-corrected chi connectivity index (χ4v) is 1.91. The van der Waals surface area contributed by atoms with Crippen LogP contribution in [0.1, 0.15) is 13.3 Å². The van der Waals surface area contributed by atoms with Crippen LogP contribution in [-0.4, -0.2) is 57.4 Å². The summed E-state index contributed by atoms with van der Waals surface area (Å²) in [6.07, 6.45) is 2.30. The lowest BCUT2D eigenvalue weighted by Crippen LogP contribution is -2.56. The quantitative estimate of drug-likeness (QED) is 0.722. The van der Waals surface area contributed by atoms with Gasteiger partial charge >= 0.3 is 12.0 Å². The summed E-state index contributed by atoms with van der Waals surface area (Å²) < 4.78 is 11.1. The standard InChI is InChI=1S/C10H18N2O4S/c1-7(17(2)16)3-4-11-10(15)12-5-8(6-12)9(13)14/h7-8H,3-6H2,1-2H3,(H,11,15)(H,13,14). The molecule has 0 saturated carbocycles. The molecule has 0 spiro atoms. The lowest BCUT2D eigenvalue weighted by atomic mass is 10.0. The summed E-state index contributed by atoms with van der Waals surface area (Å²) in [6, 6.07) is -0.239. The monoisotopic (exact) mass is 262 g/mol. The maximum atomic E-state index is 11.5. The van der Waals surface area contributed by atoms with Gasteiger partial charge in [0.2, 0.25) is 0 Å². The molecule has 2 unspecified atom stereocenters. The van der Waals surface area contributed by atoms with Crippen molar-refractivity contribution in [3.63, 3.8) is 0 Å². The van der Waals surface area contributed by atoms with E-state index in [0.717, 1.165) is 0 Å². The van der Waals surface area contributed by atoms with E-state index >= 15 is 0 Å². The second-order valence-corrected chi connectivity index (χ2v) is 6.07. The number of carbonyl (C=O) groups is 2. The predicted octanol–water partition coefficient (Wildman–Crippen LogP) is -0.130. The Morgan fingerprint density at radius 3 is 2.59 bits per heavy atom. The molecule has 17 heavy (non-hydrogen) atoms. The van der Waals surface area contributed by atoms with Crippen LogP contribution in [0.3, 0.4) is 0 Å². The molecule has 1 saturated heterocycles. The van der Waals surface area contributed by atoms with Gasteiger partial charge in [0.15, 0.2) is 0 Å². The minimum absolute atomic E-state index is 0.0541. The summed E-state index contributed by atoms with van der Waals surface area (Å²) in [5.41, 5.74) is 0. The first-order valence-electron chi connectivity index (χ1n) is 5.49. The van der Waals surface area contributed by atoms with Gasteiger partial charge < -0.3 is 15.3 Å². The number of likely N-dealkylation sites (tertiary alicyclic amines) is 1. The SMILES string of the molecule is CC(CCNC(=O)N1CC(C(=O)O)C1)S(C)=O. The normalized spacial score (nSPS) is 19.3. The number of carbonyl (C=O) groups excluding carboxylic acids is 1. The Morgan fingerprint density at radius 1 is 1.53 bits per heavy atom. The number of carboxylic acid groups (broad SMARTS) is 1. The second-order valence-electron chi connectivity index (χ2n) is 4.27. The van der Waals surface area contributed by atoms with Gasteiger partial charge in [-0.1, -0.05) is 6.92 Å². The maximum absolute atomic E-state index is 11.5. The summed E-state index contributed by atoms with van der Waals surface area (Å²) in [4.78, 5) is 23.5. The molecule has 0 bridgehead atoms. The van der Waals surface area contributed by atoms with Gasteiger partial charge in [-0.05, 0) is 6.42 Å². The van der Waals surface area contributed by atoms with Crippen molar-refractivity contribution in [1.29, 1.82) is 0 Å². The molecule has 1 aliphatic rings. The number of nitrogens with one attached hydrogen (secondary N) is 1. The third-order valence-electron chi connectivity index (χ3n) is 2.91. The van der Waals surface area contributed by atoms with Gasteiger partial charge in [-0.15, -0.1) is 0 Å². The average molecular weight is 262 g/mol. The Labute approximate surface area is 103 Å². The molecule has 0 aliphatic carbocycles. The van der Waals surface area contributed by atoms with Crippen molar-refractivity contribution < 1.29 is 18.9 Å². The van der Waals surface area contributed by atoms with Crippen LogP contribution in [0.4, 0.5) is 4.79 Å². The zero-order valence-electron chi connectivity index (χ0n) is 10.0. The molecule has 1 aliphatic heterocycles. The number of nitrogens with zero attached hydrogens (tertiary/aromatic N) is 1. The molecule has 98 valence electrons. The number of amides is 2. The molecular formula is C10H18N2O4S. The Kier molecular flexibility index (Phi) is 4.92. The van der Waals surface area contributed by atoms with E-state index in [4.69, 9.17) is 5.11 Å². The minimum atomic E-state index is -0.878. The summed E-state index contributed by atoms with van der Waals surface area (Å²) >= 11 is 0. The summed E-state index contributed by atoms with van der Waals surface area (Å²) in [5.74, 6) is -1.29. The van der Waals surface area contributed by atoms with E-state index in [1.807, 2.05) is 6.92 Å². The summed E-state index contributed by atoms with van der Waals surface area (Å²) in [7, 11) is -0.878. The molecular weight excluding hydrogens is 244 g/mol. The van der Waals surface area contributed by atoms with Gasteiger partial charge in [-0.2, -0.15) is 0 Å². The molecule has 0 aromatic carbocycles. The third-order valence-corrected chi connectivity index (χ3v) is 4.28. The highest BCUT2D eigenvalue weighted by Crippen LogP contribution is 2.15. The van der Waals surface area contributed by atoms with Crippen LogP contribution in [0.15, 0.2) is 0 Å². The Hall–Kier alpha value is -1.11. The zero-order chi connectivity index (χ0) is 13.0. The highest BCUT2D eigenvalue weighted by atomic mass is 32.2. The zero-order valence-corrected chi connectivity index (χ0v) is 10.8. The van der Waals surface area contributed by atoms with Crippen LogP contribution in [0.25, 0.3) is 0 Å². The second kappa shape index (κ2) is 6.00. The van der Waals surface area contributed by atoms with Gasteiger partial charge in [-0.25, -0.2) is 4.79 Å². The molecule has 0 aromatic heterocycles. The number of hydrogen-bond donors (Lipinski definition) is 2. The fraction of sp³-hybridized carbons (Fsp3) is 0.800. The van der Waals surface area contributed by atoms with Crippen LogP contribution in [0.5, 0.6) is 0 Å². The molecule has 0 aromatic rings. The van der Waals surface area contributed by atoms with Crippen LogP contribution in [-0.2, 0) is 15.6 Å². The van der Waals surface area contributed by atoms with Crippen molar-refractivity contribution in [1.82, 2.24) is 10.2 Å². The number of urea groups is 1. The van der Waals surface area contributed by atoms with Crippen LogP contribution >= 0.6 is 0 Å². The van der Waals surface area contributed by atoms with E-state index in [2.05, 4.69) is 5.32 Å². The predicted molar refractivity (Wildman–Crippen MR) is 64.2 cm³/mol. The third kappa shape index (κ3) is 3.99. The van der Waals surface area contributed by atoms with E-state index < -0.39 is 22.7 Å². The molecule has 1 heterocycles. The number of hydrogen-bond acceptors (Lipinski definition) is 3. The lowest BCUT2D eigenvalue weighted by Gasteiger charge is -2.36. The van der Waals surface area contributed by atoms with E-state index in [1.165, 1.54) is 4.90 Å². The molecule has 2 amide bonds. The smallest absolute Gasteiger partial charge is 0.317 e. The van der Waals surface area contributed by atoms with Crippen LogP contribution in [0.2, 0.25) is 0 Å². The lowest BCUT2D eigenvalue weighted by molar-refractivity contribution is -0.146. The average Bonchev–Trinajstić information content (AvgIpc) is 2.14. The molecule has 7 heteroatoms. The van der Waals surface area contributed by atoms with Crippen molar-refractivity contribution >= 4 is 22.8 Å². The Balaban J connectivity index is 2.15. The molecule has 1 fully saturated rings. The van der Waals surface area contributed by atoms with Gasteiger partial charge in [0.25, 0.3) is 0 Å². The van der Waals surface area contributed by atoms with Crippen molar-refractivity contribution in [3.05, 3.63) is 0 Å². The fourth-order valence-electron chi connectivity index (χ4n) is 1.46. The molecule has 1 rings (SSSR count). The first-order chi connectivity index (χ1) is 7.91. The van der Waals surface area contributed by atoms with Crippen LogP contribution in [0, 0.1) is 5.92 Å². The molecule has 2 N–H and O–H groups in total. The van der Waals surface area contributed by atoms with E-state index in [-0.39, 0.29) is 24.4 Å². The number of carboxylic acids is 1. The van der Waals surface area contributed by atoms with Crippen molar-refractivity contribution in [2.75, 3.05) is 25.9 Å². The summed E-state index contributed by atoms with van der Waals surface area (Å²) in [6.45, 7) is 2.88. The molecule has 0 radical (unpaired) electrons. The topological polar surface area (TPSA) is 86.7 Å². The molecule has 2 atom stereocenters. The highest BCUT2D eigenvalue weighted by molar-refractivity contribution is 7.84. The number of rotatable bonds is 5. The van der Waals surface area contributed by atoms with Crippen molar-refractivity contribution in [3.8, 4) is 0 Å². The van der Waals surface area contributed by atoms with E-state index in [1.54, 1.807) is 6.26 Å². The Bertz CT molecular complexity index is 328. The first-order valence-corrected chi connectivity index (χ1v) is 7.11. The van der Waals surface area contributed by atoms with E-state index in [9.17, 15) is 13.8 Å². The number of aliphatic carboxylic acids is 1. The van der Waals surface area contributed by atoms with Gasteiger partial charge in [0.1, 0.15) is 0 Å². The van der Waals surface area contributed by atoms with E-state index in [0.29, 0.717) is 13.0 Å². The summed E-state index contributed by atoms with van der Waals surface area (Å²) in [5, 5.41) is 11.4. The van der Waals surface area contributed by atoms with Gasteiger partial charge in [0.05, 0.1) is 5.92 Å². The Morgan fingerprint density at radius 2 is 2.12 bits per heavy atom. The van der Waals surface area contributed by atoms with Gasteiger partial charge in [-0.3, -0.25) is 9.00 Å². The first kappa shape index (κ1) is 14.0. The van der Waals surface area contributed by atoms with Crippen molar-refractivity contribution in [2.45, 2.75) is 18.6 Å². The maximum Gasteiger partial charge on any atom is 0.317 e. The van der Waals surface area contributed by atoms with Crippen molar-refractivity contribution in [2.24, 2.45) is 5.92 Å². The minimum Gasteiger partial charge on any atom is -0.481 e. The highest BCUT2D eigenvalue weighted by Gasteiger charge is 2.35. The van der Waals surface area contributed by atoms with Crippen LogP contribution < -0.4 is 5.32 Å². The largest absolute Gasteiger partial charge is 0.481 e. The van der Waals surface area contributed by atoms with Gasteiger partial charge in [0, 0.05) is 41.9 Å².